The number of aliphatic hydroxyl groups is 1. The SMILES string of the molecule is C[C@@H]1[C@@H](O[Si](C)(C)C(C)(C)C)[C@@H](C)C=C[C@H]1O. The van der Waals surface area contributed by atoms with Gasteiger partial charge in [-0.05, 0) is 24.1 Å². The summed E-state index contributed by atoms with van der Waals surface area (Å²) in [6.07, 6.45) is 3.78. The van der Waals surface area contributed by atoms with Gasteiger partial charge in [0.1, 0.15) is 0 Å². The number of hydrogen-bond donors (Lipinski definition) is 1. The third-order valence-corrected chi connectivity index (χ3v) is 8.90. The second kappa shape index (κ2) is 4.86. The first-order chi connectivity index (χ1) is 7.56. The predicted molar refractivity (Wildman–Crippen MR) is 75.5 cm³/mol. The Morgan fingerprint density at radius 2 is 1.65 bits per heavy atom. The summed E-state index contributed by atoms with van der Waals surface area (Å²) >= 11 is 0. The van der Waals surface area contributed by atoms with Crippen LogP contribution in [0.5, 0.6) is 0 Å². The maximum Gasteiger partial charge on any atom is 0.192 e. The summed E-state index contributed by atoms with van der Waals surface area (Å²) in [6.45, 7) is 15.6. The van der Waals surface area contributed by atoms with Crippen LogP contribution in [0.4, 0.5) is 0 Å². The lowest BCUT2D eigenvalue weighted by molar-refractivity contribution is 0.0219. The molecular weight excluding hydrogens is 228 g/mol. The molecule has 0 aromatic rings. The summed E-state index contributed by atoms with van der Waals surface area (Å²) in [5, 5.41) is 10.1. The summed E-state index contributed by atoms with van der Waals surface area (Å²) in [5.74, 6) is 0.576. The van der Waals surface area contributed by atoms with Crippen molar-refractivity contribution in [2.75, 3.05) is 0 Å². The Labute approximate surface area is 107 Å². The maximum absolute atomic E-state index is 9.91. The van der Waals surface area contributed by atoms with Crippen LogP contribution in [0.3, 0.4) is 0 Å². The lowest BCUT2D eigenvalue weighted by atomic mass is 9.84. The van der Waals surface area contributed by atoms with E-state index in [0.29, 0.717) is 5.92 Å². The molecule has 1 N–H and O–H groups in total. The van der Waals surface area contributed by atoms with Crippen LogP contribution in [0.15, 0.2) is 12.2 Å². The van der Waals surface area contributed by atoms with Gasteiger partial charge in [-0.2, -0.15) is 0 Å². The average molecular weight is 256 g/mol. The van der Waals surface area contributed by atoms with Gasteiger partial charge in [-0.3, -0.25) is 0 Å². The van der Waals surface area contributed by atoms with Crippen molar-refractivity contribution in [3.8, 4) is 0 Å². The Hall–Kier alpha value is -0.123. The average Bonchev–Trinajstić information content (AvgIpc) is 2.17. The highest BCUT2D eigenvalue weighted by Crippen LogP contribution is 2.40. The molecule has 0 radical (unpaired) electrons. The molecule has 3 heteroatoms. The van der Waals surface area contributed by atoms with Gasteiger partial charge >= 0.3 is 0 Å². The third-order valence-electron chi connectivity index (χ3n) is 4.42. The van der Waals surface area contributed by atoms with Crippen molar-refractivity contribution < 1.29 is 9.53 Å². The molecule has 0 fully saturated rings. The van der Waals surface area contributed by atoms with Crippen LogP contribution in [0.25, 0.3) is 0 Å². The van der Waals surface area contributed by atoms with E-state index in [-0.39, 0.29) is 23.2 Å². The van der Waals surface area contributed by atoms with Crippen molar-refractivity contribution in [2.45, 2.75) is 65.0 Å². The molecule has 0 aromatic heterocycles. The van der Waals surface area contributed by atoms with Gasteiger partial charge < -0.3 is 9.53 Å². The molecule has 0 saturated carbocycles. The van der Waals surface area contributed by atoms with Crippen molar-refractivity contribution in [1.82, 2.24) is 0 Å². The molecular formula is C14H28O2Si. The smallest absolute Gasteiger partial charge is 0.192 e. The van der Waals surface area contributed by atoms with Gasteiger partial charge in [0, 0.05) is 5.92 Å². The fourth-order valence-electron chi connectivity index (χ4n) is 1.98. The highest BCUT2D eigenvalue weighted by Gasteiger charge is 2.42. The Balaban J connectivity index is 2.84. The topological polar surface area (TPSA) is 29.5 Å². The fourth-order valence-corrected chi connectivity index (χ4v) is 3.44. The van der Waals surface area contributed by atoms with Gasteiger partial charge in [0.15, 0.2) is 8.32 Å². The van der Waals surface area contributed by atoms with Gasteiger partial charge in [0.05, 0.1) is 12.2 Å². The van der Waals surface area contributed by atoms with E-state index >= 15 is 0 Å². The van der Waals surface area contributed by atoms with E-state index < -0.39 is 8.32 Å². The first-order valence-electron chi connectivity index (χ1n) is 6.60. The summed E-state index contributed by atoms with van der Waals surface area (Å²) < 4.78 is 6.47. The lowest BCUT2D eigenvalue weighted by Gasteiger charge is -2.44. The summed E-state index contributed by atoms with van der Waals surface area (Å²) in [6, 6.07) is 0. The Kier molecular flexibility index (Phi) is 4.27. The van der Waals surface area contributed by atoms with Crippen molar-refractivity contribution in [3.05, 3.63) is 12.2 Å². The molecule has 0 saturated heterocycles. The van der Waals surface area contributed by atoms with Crippen molar-refractivity contribution in [1.29, 1.82) is 0 Å². The number of aliphatic hydroxyl groups excluding tert-OH is 1. The van der Waals surface area contributed by atoms with Gasteiger partial charge in [0.2, 0.25) is 0 Å². The molecule has 1 aliphatic carbocycles. The molecule has 17 heavy (non-hydrogen) atoms. The van der Waals surface area contributed by atoms with E-state index in [2.05, 4.69) is 53.8 Å². The van der Waals surface area contributed by atoms with E-state index in [0.717, 1.165) is 0 Å². The first-order valence-corrected chi connectivity index (χ1v) is 9.51. The summed E-state index contributed by atoms with van der Waals surface area (Å²) in [5.41, 5.74) is 0. The first kappa shape index (κ1) is 14.9. The highest BCUT2D eigenvalue weighted by molar-refractivity contribution is 6.74. The van der Waals surface area contributed by atoms with Crippen LogP contribution in [0, 0.1) is 11.8 Å². The Morgan fingerprint density at radius 3 is 2.12 bits per heavy atom. The molecule has 100 valence electrons. The van der Waals surface area contributed by atoms with Crippen LogP contribution in [0.2, 0.25) is 18.1 Å². The van der Waals surface area contributed by atoms with E-state index in [9.17, 15) is 5.11 Å². The monoisotopic (exact) mass is 256 g/mol. The standard InChI is InChI=1S/C14H28O2Si/c1-10-8-9-12(15)11(2)13(10)16-17(6,7)14(3,4)5/h8-13,15H,1-7H3/t10-,11-,12+,13-/m0/s1. The van der Waals surface area contributed by atoms with Crippen LogP contribution >= 0.6 is 0 Å². The third kappa shape index (κ3) is 3.21. The molecule has 1 rings (SSSR count). The van der Waals surface area contributed by atoms with Gasteiger partial charge in [-0.1, -0.05) is 46.8 Å². The molecule has 0 unspecified atom stereocenters. The maximum atomic E-state index is 9.91. The molecule has 2 nitrogen and oxygen atoms in total. The fraction of sp³-hybridized carbons (Fsp3) is 0.857. The zero-order chi connectivity index (χ0) is 13.4. The van der Waals surface area contributed by atoms with E-state index in [1.165, 1.54) is 0 Å². The quantitative estimate of drug-likeness (QED) is 0.604. The van der Waals surface area contributed by atoms with Crippen molar-refractivity contribution in [2.24, 2.45) is 11.8 Å². The van der Waals surface area contributed by atoms with Gasteiger partial charge in [0.25, 0.3) is 0 Å². The molecule has 0 spiro atoms. The molecule has 0 amide bonds. The minimum Gasteiger partial charge on any atom is -0.413 e. The number of rotatable bonds is 2. The molecule has 4 atom stereocenters. The molecule has 0 aliphatic heterocycles. The minimum atomic E-state index is -1.75. The highest BCUT2D eigenvalue weighted by atomic mass is 28.4. The van der Waals surface area contributed by atoms with E-state index in [1.807, 2.05) is 6.08 Å². The van der Waals surface area contributed by atoms with Crippen molar-refractivity contribution >= 4 is 8.32 Å². The Morgan fingerprint density at radius 1 is 1.12 bits per heavy atom. The summed E-state index contributed by atoms with van der Waals surface area (Å²) in [4.78, 5) is 0. The minimum absolute atomic E-state index is 0.149. The molecule has 0 aromatic carbocycles. The largest absolute Gasteiger partial charge is 0.413 e. The lowest BCUT2D eigenvalue weighted by Crippen LogP contribution is -2.49. The van der Waals surface area contributed by atoms with Crippen LogP contribution in [-0.4, -0.2) is 25.6 Å². The second-order valence-electron chi connectivity index (χ2n) is 6.94. The second-order valence-corrected chi connectivity index (χ2v) is 11.7. The Bertz CT molecular complexity index is 291. The van der Waals surface area contributed by atoms with E-state index in [4.69, 9.17) is 4.43 Å². The zero-order valence-corrected chi connectivity index (χ0v) is 13.3. The molecule has 0 heterocycles. The van der Waals surface area contributed by atoms with Gasteiger partial charge in [-0.15, -0.1) is 0 Å². The normalized spacial score (nSPS) is 35.1. The van der Waals surface area contributed by atoms with Crippen LogP contribution < -0.4 is 0 Å². The number of hydrogen-bond acceptors (Lipinski definition) is 2. The molecule has 0 bridgehead atoms. The van der Waals surface area contributed by atoms with Crippen molar-refractivity contribution in [3.63, 3.8) is 0 Å². The van der Waals surface area contributed by atoms with Crippen LogP contribution in [-0.2, 0) is 4.43 Å². The predicted octanol–water partition coefficient (Wildman–Crippen LogP) is 3.58. The van der Waals surface area contributed by atoms with Crippen LogP contribution in [0.1, 0.15) is 34.6 Å². The zero-order valence-electron chi connectivity index (χ0n) is 12.3. The van der Waals surface area contributed by atoms with Gasteiger partial charge in [-0.25, -0.2) is 0 Å². The molecule has 1 aliphatic rings. The summed E-state index contributed by atoms with van der Waals surface area (Å²) in [7, 11) is -1.75. The van der Waals surface area contributed by atoms with E-state index in [1.54, 1.807) is 0 Å².